The number of phenolic OH excluding ortho intramolecular Hbond substituents is 1. The van der Waals surface area contributed by atoms with Crippen LogP contribution in [0.5, 0.6) is 11.5 Å². The molecule has 0 bridgehead atoms. The van der Waals surface area contributed by atoms with Gasteiger partial charge in [-0.1, -0.05) is 0 Å². The van der Waals surface area contributed by atoms with E-state index in [1.165, 1.54) is 0 Å². The van der Waals surface area contributed by atoms with E-state index in [9.17, 15) is 19.8 Å². The fraction of sp³-hybridized carbons (Fsp3) is 0. The molecule has 0 aliphatic carbocycles. The van der Waals surface area contributed by atoms with Gasteiger partial charge in [-0.3, -0.25) is 0 Å². The number of aromatic carboxylic acids is 2. The van der Waals surface area contributed by atoms with Gasteiger partial charge in [0, 0.05) is 11.1 Å². The largest absolute Gasteiger partial charge is 1.00 e. The number of benzene rings is 1. The zero-order valence-electron chi connectivity index (χ0n) is 8.68. The summed E-state index contributed by atoms with van der Waals surface area (Å²) in [4.78, 5) is 20.7. The average molecular weight is 242 g/mol. The van der Waals surface area contributed by atoms with Crippen molar-refractivity contribution in [1.82, 2.24) is 0 Å². The third kappa shape index (κ3) is 3.97. The Balaban J connectivity index is 0. The van der Waals surface area contributed by atoms with Crippen molar-refractivity contribution < 1.29 is 89.1 Å². The topological polar surface area (TPSA) is 121 Å². The van der Waals surface area contributed by atoms with Crippen molar-refractivity contribution >= 4 is 11.9 Å². The summed E-state index contributed by atoms with van der Waals surface area (Å²) < 4.78 is 0. The minimum Gasteiger partial charge on any atom is -0.545 e. The fourth-order valence-electron chi connectivity index (χ4n) is 0.893. The zero-order valence-corrected chi connectivity index (χ0v) is 12.7. The molecule has 0 aromatic heterocycles. The van der Waals surface area contributed by atoms with E-state index in [4.69, 9.17) is 10.2 Å². The Morgan fingerprint density at radius 2 is 1.50 bits per heavy atom. The van der Waals surface area contributed by atoms with Gasteiger partial charge in [0.2, 0.25) is 0 Å². The van der Waals surface area contributed by atoms with E-state index in [2.05, 4.69) is 0 Å². The minimum atomic E-state index is -1.79. The van der Waals surface area contributed by atoms with E-state index in [-0.39, 0.29) is 59.1 Å². The van der Waals surface area contributed by atoms with Gasteiger partial charge in [0.15, 0.2) is 11.5 Å². The molecule has 0 spiro atoms. The van der Waals surface area contributed by atoms with Crippen LogP contribution in [0.3, 0.4) is 0 Å². The third-order valence-corrected chi connectivity index (χ3v) is 1.55. The molecule has 0 aliphatic heterocycles. The van der Waals surface area contributed by atoms with Gasteiger partial charge in [-0.2, -0.15) is 0 Å². The smallest absolute Gasteiger partial charge is 0.545 e. The van der Waals surface area contributed by atoms with Crippen molar-refractivity contribution in [3.8, 4) is 11.5 Å². The number of carbonyl (C=O) groups excluding carboxylic acids is 2. The Morgan fingerprint density at radius 1 is 1.00 bits per heavy atom. The summed E-state index contributed by atoms with van der Waals surface area (Å²) in [5.41, 5.74) is -1.36. The second-order valence-corrected chi connectivity index (χ2v) is 2.47. The predicted molar refractivity (Wildman–Crippen MR) is 38.4 cm³/mol. The molecule has 16 heavy (non-hydrogen) atoms. The molecule has 0 aliphatic rings. The van der Waals surface area contributed by atoms with Crippen LogP contribution in [0.25, 0.3) is 0 Å². The average Bonchev–Trinajstić information content (AvgIpc) is 2.08. The Labute approximate surface area is 134 Å². The summed E-state index contributed by atoms with van der Waals surface area (Å²) in [6.07, 6.45) is 0. The molecular weight excluding hydrogens is 238 g/mol. The van der Waals surface area contributed by atoms with Crippen LogP contribution in [0.15, 0.2) is 12.1 Å². The molecule has 0 unspecified atom stereocenters. The molecule has 1 aromatic carbocycles. The number of hydrogen-bond donors (Lipinski definition) is 2. The monoisotopic (exact) mass is 242 g/mol. The first-order valence-corrected chi connectivity index (χ1v) is 3.42. The van der Waals surface area contributed by atoms with Crippen molar-refractivity contribution in [2.45, 2.75) is 0 Å². The Morgan fingerprint density at radius 3 is 1.88 bits per heavy atom. The molecule has 1 rings (SSSR count). The molecule has 74 valence electrons. The van der Waals surface area contributed by atoms with Crippen molar-refractivity contribution in [2.75, 3.05) is 0 Å². The number of aromatic hydroxyl groups is 2. The van der Waals surface area contributed by atoms with Gasteiger partial charge in [0.1, 0.15) is 0 Å². The molecule has 0 heterocycles. The third-order valence-electron chi connectivity index (χ3n) is 1.55. The van der Waals surface area contributed by atoms with Crippen LogP contribution in [0, 0.1) is 0 Å². The molecule has 6 nitrogen and oxygen atoms in total. The van der Waals surface area contributed by atoms with Crippen molar-refractivity contribution in [2.24, 2.45) is 0 Å². The van der Waals surface area contributed by atoms with Crippen LogP contribution < -0.4 is 69.3 Å². The molecule has 0 saturated carbocycles. The van der Waals surface area contributed by atoms with E-state index < -0.39 is 34.6 Å². The zero-order chi connectivity index (χ0) is 10.9. The van der Waals surface area contributed by atoms with E-state index in [1.54, 1.807) is 0 Å². The van der Waals surface area contributed by atoms with Crippen LogP contribution in [0.1, 0.15) is 20.7 Å². The van der Waals surface area contributed by atoms with Gasteiger partial charge in [-0.15, -0.1) is 0 Å². The van der Waals surface area contributed by atoms with Crippen LogP contribution in [-0.4, -0.2) is 22.2 Å². The number of carboxylic acids is 2. The standard InChI is InChI=1S/C8H6O6.2Na/c9-5-2-3(7(11)12)1-4(6(5)10)8(13)14;;/h1-2,9-10H,(H,11,12)(H,13,14);;/q;2*+1/p-2. The van der Waals surface area contributed by atoms with E-state index in [0.717, 1.165) is 0 Å². The van der Waals surface area contributed by atoms with Crippen LogP contribution in [0.2, 0.25) is 0 Å². The van der Waals surface area contributed by atoms with Crippen LogP contribution in [0.4, 0.5) is 0 Å². The number of rotatable bonds is 2. The molecule has 1 aromatic rings. The fourth-order valence-corrected chi connectivity index (χ4v) is 0.893. The van der Waals surface area contributed by atoms with Gasteiger partial charge >= 0.3 is 59.1 Å². The Bertz CT molecular complexity index is 417. The number of carboxylic acid groups (broad SMARTS) is 2. The Hall–Kier alpha value is -0.240. The van der Waals surface area contributed by atoms with Crippen LogP contribution >= 0.6 is 0 Å². The van der Waals surface area contributed by atoms with E-state index in [1.807, 2.05) is 0 Å². The SMILES string of the molecule is O=C([O-])c1cc(O)c(O)c(C(=O)[O-])c1.[Na+].[Na+]. The predicted octanol–water partition coefficient (Wildman–Crippen LogP) is -8.17. The quantitative estimate of drug-likeness (QED) is 0.392. The van der Waals surface area contributed by atoms with Crippen molar-refractivity contribution in [3.05, 3.63) is 23.3 Å². The summed E-state index contributed by atoms with van der Waals surface area (Å²) in [5.74, 6) is -5.25. The minimum absolute atomic E-state index is 0. The van der Waals surface area contributed by atoms with Crippen molar-refractivity contribution in [3.63, 3.8) is 0 Å². The van der Waals surface area contributed by atoms with Crippen LogP contribution in [-0.2, 0) is 0 Å². The maximum atomic E-state index is 10.4. The van der Waals surface area contributed by atoms with Gasteiger partial charge in [-0.05, 0) is 12.1 Å². The maximum absolute atomic E-state index is 10.4. The van der Waals surface area contributed by atoms with Crippen molar-refractivity contribution in [1.29, 1.82) is 0 Å². The van der Waals surface area contributed by atoms with Gasteiger partial charge in [-0.25, -0.2) is 0 Å². The van der Waals surface area contributed by atoms with E-state index >= 15 is 0 Å². The van der Waals surface area contributed by atoms with Gasteiger partial charge in [0.05, 0.1) is 11.9 Å². The number of carbonyl (C=O) groups is 2. The van der Waals surface area contributed by atoms with Gasteiger partial charge < -0.3 is 30.0 Å². The first-order valence-electron chi connectivity index (χ1n) is 3.42. The molecule has 0 radical (unpaired) electrons. The number of hydrogen-bond acceptors (Lipinski definition) is 6. The normalized spacial score (nSPS) is 8.50. The second-order valence-electron chi connectivity index (χ2n) is 2.47. The van der Waals surface area contributed by atoms with Gasteiger partial charge in [0.25, 0.3) is 0 Å². The molecule has 0 amide bonds. The maximum Gasteiger partial charge on any atom is 1.00 e. The summed E-state index contributed by atoms with van der Waals surface area (Å²) in [6.45, 7) is 0. The molecule has 0 atom stereocenters. The first-order chi connectivity index (χ1) is 6.43. The summed E-state index contributed by atoms with van der Waals surface area (Å²) in [6, 6.07) is 1.32. The summed E-state index contributed by atoms with van der Waals surface area (Å²) in [7, 11) is 0. The summed E-state index contributed by atoms with van der Waals surface area (Å²) >= 11 is 0. The Kier molecular flexibility index (Phi) is 8.11. The summed E-state index contributed by atoms with van der Waals surface area (Å²) in [5, 5.41) is 38.6. The molecule has 0 fully saturated rings. The molecule has 0 saturated heterocycles. The second kappa shape index (κ2) is 7.16. The first kappa shape index (κ1) is 18.1. The molecule has 8 heteroatoms. The van der Waals surface area contributed by atoms with E-state index in [0.29, 0.717) is 12.1 Å². The molecule has 2 N–H and O–H groups in total. The number of phenols is 2. The molecular formula is C8H4Na2O6.